The Morgan fingerprint density at radius 2 is 2.28 bits per heavy atom. The van der Waals surface area contributed by atoms with Crippen molar-refractivity contribution in [1.29, 1.82) is 5.26 Å². The first-order valence-corrected chi connectivity index (χ1v) is 6.82. The van der Waals surface area contributed by atoms with Crippen molar-refractivity contribution >= 4 is 11.4 Å². The molecule has 1 unspecified atom stereocenters. The maximum atomic E-state index is 8.91. The number of nitrogen functional groups attached to an aromatic ring is 1. The Kier molecular flexibility index (Phi) is 4.09. The van der Waals surface area contributed by atoms with E-state index in [4.69, 9.17) is 11.0 Å². The van der Waals surface area contributed by atoms with Gasteiger partial charge in [0.1, 0.15) is 6.07 Å². The summed E-state index contributed by atoms with van der Waals surface area (Å²) in [6, 6.07) is 8.57. The van der Waals surface area contributed by atoms with E-state index < -0.39 is 0 Å². The van der Waals surface area contributed by atoms with Crippen LogP contribution in [0.1, 0.15) is 44.6 Å². The molecular formula is C15H21N3. The van der Waals surface area contributed by atoms with Crippen LogP contribution in [-0.2, 0) is 0 Å². The van der Waals surface area contributed by atoms with Gasteiger partial charge in [-0.2, -0.15) is 5.26 Å². The summed E-state index contributed by atoms with van der Waals surface area (Å²) in [4.78, 5) is 2.46. The van der Waals surface area contributed by atoms with Crippen LogP contribution in [0.5, 0.6) is 0 Å². The van der Waals surface area contributed by atoms with Crippen LogP contribution >= 0.6 is 0 Å². The number of piperidine rings is 1. The van der Waals surface area contributed by atoms with E-state index in [1.54, 1.807) is 0 Å². The van der Waals surface area contributed by atoms with Gasteiger partial charge in [-0.1, -0.05) is 13.3 Å². The Morgan fingerprint density at radius 1 is 1.44 bits per heavy atom. The lowest BCUT2D eigenvalue weighted by Crippen LogP contribution is -2.39. The highest BCUT2D eigenvalue weighted by atomic mass is 15.2. The predicted octanol–water partition coefficient (Wildman–Crippen LogP) is 3.30. The largest absolute Gasteiger partial charge is 0.398 e. The Bertz CT molecular complexity index is 446. The molecule has 0 amide bonds. The van der Waals surface area contributed by atoms with Crippen LogP contribution in [0.4, 0.5) is 11.4 Å². The second-order valence-electron chi connectivity index (χ2n) is 5.02. The molecule has 1 atom stereocenters. The summed E-state index contributed by atoms with van der Waals surface area (Å²) >= 11 is 0. The van der Waals surface area contributed by atoms with Gasteiger partial charge in [-0.25, -0.2) is 0 Å². The summed E-state index contributed by atoms with van der Waals surface area (Å²) in [5, 5.41) is 8.91. The summed E-state index contributed by atoms with van der Waals surface area (Å²) < 4.78 is 0. The van der Waals surface area contributed by atoms with E-state index in [-0.39, 0.29) is 0 Å². The van der Waals surface area contributed by atoms with Crippen LogP contribution < -0.4 is 10.6 Å². The third kappa shape index (κ3) is 2.59. The van der Waals surface area contributed by atoms with Crippen molar-refractivity contribution in [2.45, 2.75) is 45.1 Å². The SMILES string of the molecule is CCCC1CCCCN1c1ccc(C#N)c(N)c1. The van der Waals surface area contributed by atoms with E-state index in [1.807, 2.05) is 18.2 Å². The van der Waals surface area contributed by atoms with Gasteiger partial charge in [0.15, 0.2) is 0 Å². The van der Waals surface area contributed by atoms with Crippen LogP contribution in [0.3, 0.4) is 0 Å². The number of anilines is 2. The quantitative estimate of drug-likeness (QED) is 0.829. The third-order valence-corrected chi connectivity index (χ3v) is 3.74. The highest BCUT2D eigenvalue weighted by molar-refractivity contribution is 5.64. The van der Waals surface area contributed by atoms with Crippen molar-refractivity contribution < 1.29 is 0 Å². The number of rotatable bonds is 3. The normalized spacial score (nSPS) is 19.6. The van der Waals surface area contributed by atoms with E-state index in [0.29, 0.717) is 17.3 Å². The number of hydrogen-bond acceptors (Lipinski definition) is 3. The van der Waals surface area contributed by atoms with Gasteiger partial charge in [0.2, 0.25) is 0 Å². The van der Waals surface area contributed by atoms with Crippen molar-refractivity contribution in [3.05, 3.63) is 23.8 Å². The number of benzene rings is 1. The Hall–Kier alpha value is -1.69. The highest BCUT2D eigenvalue weighted by Crippen LogP contribution is 2.29. The molecule has 1 aromatic carbocycles. The summed E-state index contributed by atoms with van der Waals surface area (Å²) in [6.45, 7) is 3.34. The average Bonchev–Trinajstić information content (AvgIpc) is 2.40. The van der Waals surface area contributed by atoms with E-state index in [1.165, 1.54) is 37.8 Å². The van der Waals surface area contributed by atoms with Crippen LogP contribution in [0, 0.1) is 11.3 Å². The highest BCUT2D eigenvalue weighted by Gasteiger charge is 2.22. The Morgan fingerprint density at radius 3 is 2.94 bits per heavy atom. The molecule has 18 heavy (non-hydrogen) atoms. The molecule has 1 heterocycles. The monoisotopic (exact) mass is 243 g/mol. The molecule has 2 rings (SSSR count). The second-order valence-corrected chi connectivity index (χ2v) is 5.02. The number of nitrogens with zero attached hydrogens (tertiary/aromatic N) is 2. The fraction of sp³-hybridized carbons (Fsp3) is 0.533. The molecule has 0 aromatic heterocycles. The summed E-state index contributed by atoms with van der Waals surface area (Å²) in [5.41, 5.74) is 8.25. The average molecular weight is 243 g/mol. The lowest BCUT2D eigenvalue weighted by atomic mass is 9.97. The lowest BCUT2D eigenvalue weighted by Gasteiger charge is -2.37. The molecule has 3 heteroatoms. The maximum absolute atomic E-state index is 8.91. The Balaban J connectivity index is 2.23. The van der Waals surface area contributed by atoms with Gasteiger partial charge >= 0.3 is 0 Å². The zero-order valence-electron chi connectivity index (χ0n) is 11.0. The third-order valence-electron chi connectivity index (χ3n) is 3.74. The van der Waals surface area contributed by atoms with Crippen LogP contribution in [0.2, 0.25) is 0 Å². The van der Waals surface area contributed by atoms with Gasteiger partial charge in [0.05, 0.1) is 11.3 Å². The minimum Gasteiger partial charge on any atom is -0.398 e. The molecule has 1 saturated heterocycles. The first-order chi connectivity index (χ1) is 8.76. The Labute approximate surface area is 109 Å². The fourth-order valence-electron chi connectivity index (χ4n) is 2.80. The van der Waals surface area contributed by atoms with Gasteiger partial charge in [-0.05, 0) is 43.9 Å². The zero-order valence-corrected chi connectivity index (χ0v) is 11.0. The van der Waals surface area contributed by atoms with Crippen molar-refractivity contribution in [2.75, 3.05) is 17.2 Å². The number of nitriles is 1. The smallest absolute Gasteiger partial charge is 0.101 e. The maximum Gasteiger partial charge on any atom is 0.101 e. The van der Waals surface area contributed by atoms with Gasteiger partial charge in [0.25, 0.3) is 0 Å². The molecule has 2 N–H and O–H groups in total. The molecule has 96 valence electrons. The zero-order chi connectivity index (χ0) is 13.0. The van der Waals surface area contributed by atoms with Crippen LogP contribution in [-0.4, -0.2) is 12.6 Å². The van der Waals surface area contributed by atoms with Crippen molar-refractivity contribution in [2.24, 2.45) is 0 Å². The lowest BCUT2D eigenvalue weighted by molar-refractivity contribution is 0.435. The predicted molar refractivity (Wildman–Crippen MR) is 75.5 cm³/mol. The van der Waals surface area contributed by atoms with Gasteiger partial charge in [-0.3, -0.25) is 0 Å². The van der Waals surface area contributed by atoms with Crippen LogP contribution in [0.15, 0.2) is 18.2 Å². The molecule has 0 radical (unpaired) electrons. The standard InChI is InChI=1S/C15H21N3/c1-2-5-13-6-3-4-9-18(13)14-8-7-12(11-16)15(17)10-14/h7-8,10,13H,2-6,9,17H2,1H3. The van der Waals surface area contributed by atoms with E-state index in [2.05, 4.69) is 17.9 Å². The first-order valence-electron chi connectivity index (χ1n) is 6.82. The molecule has 1 aromatic rings. The summed E-state index contributed by atoms with van der Waals surface area (Å²) in [7, 11) is 0. The van der Waals surface area contributed by atoms with E-state index >= 15 is 0 Å². The molecule has 1 fully saturated rings. The number of hydrogen-bond donors (Lipinski definition) is 1. The van der Waals surface area contributed by atoms with E-state index in [0.717, 1.165) is 6.54 Å². The van der Waals surface area contributed by atoms with Gasteiger partial charge in [-0.15, -0.1) is 0 Å². The number of nitrogens with two attached hydrogens (primary N) is 1. The molecule has 0 spiro atoms. The van der Waals surface area contributed by atoms with Crippen molar-refractivity contribution in [3.8, 4) is 6.07 Å². The van der Waals surface area contributed by atoms with E-state index in [9.17, 15) is 0 Å². The second kappa shape index (κ2) is 5.77. The van der Waals surface area contributed by atoms with Gasteiger partial charge in [0, 0.05) is 18.3 Å². The summed E-state index contributed by atoms with van der Waals surface area (Å²) in [6.07, 6.45) is 6.30. The van der Waals surface area contributed by atoms with Gasteiger partial charge < -0.3 is 10.6 Å². The molecule has 0 saturated carbocycles. The minimum absolute atomic E-state index is 0.572. The molecular weight excluding hydrogens is 222 g/mol. The molecule has 1 aliphatic heterocycles. The summed E-state index contributed by atoms with van der Waals surface area (Å²) in [5.74, 6) is 0. The molecule has 3 nitrogen and oxygen atoms in total. The topological polar surface area (TPSA) is 53.0 Å². The first kappa shape index (κ1) is 12.8. The fourth-order valence-corrected chi connectivity index (χ4v) is 2.80. The molecule has 0 aliphatic carbocycles. The van der Waals surface area contributed by atoms with Crippen molar-refractivity contribution in [3.63, 3.8) is 0 Å². The van der Waals surface area contributed by atoms with Crippen LogP contribution in [0.25, 0.3) is 0 Å². The molecule has 1 aliphatic rings. The molecule has 0 bridgehead atoms. The van der Waals surface area contributed by atoms with Crippen molar-refractivity contribution in [1.82, 2.24) is 0 Å². The minimum atomic E-state index is 0.572.